The number of hydrogen-bond acceptors (Lipinski definition) is 15. The molecular weight excluding hydrogens is 781 g/mol. The third-order valence-electron chi connectivity index (χ3n) is 12.3. The van der Waals surface area contributed by atoms with Crippen LogP contribution in [-0.4, -0.2) is 149 Å². The number of anilines is 1. The van der Waals surface area contributed by atoms with Crippen molar-refractivity contribution in [2.75, 3.05) is 71.0 Å². The zero-order valence-electron chi connectivity index (χ0n) is 33.1. The van der Waals surface area contributed by atoms with E-state index in [2.05, 4.69) is 30.4 Å². The summed E-state index contributed by atoms with van der Waals surface area (Å²) in [4.78, 5) is 79.1. The first-order chi connectivity index (χ1) is 28.7. The quantitative estimate of drug-likeness (QED) is 0.113. The maximum absolute atomic E-state index is 13.3. The van der Waals surface area contributed by atoms with Crippen molar-refractivity contribution in [3.63, 3.8) is 0 Å². The number of aryl methyl sites for hydroxylation is 1. The number of nitrogens with one attached hydrogen (secondary N) is 2. The van der Waals surface area contributed by atoms with E-state index in [1.165, 1.54) is 4.88 Å². The molecule has 17 nitrogen and oxygen atoms in total. The van der Waals surface area contributed by atoms with Crippen molar-refractivity contribution < 1.29 is 43.3 Å². The van der Waals surface area contributed by atoms with Crippen molar-refractivity contribution in [1.29, 1.82) is 0 Å². The molecule has 2 aliphatic carbocycles. The predicted molar refractivity (Wildman–Crippen MR) is 216 cm³/mol. The molecule has 2 aromatic heterocycles. The number of aromatic nitrogens is 2. The minimum Gasteiger partial charge on any atom is -0.474 e. The van der Waals surface area contributed by atoms with E-state index in [4.69, 9.17) is 19.9 Å². The van der Waals surface area contributed by atoms with Crippen LogP contribution < -0.4 is 21.1 Å². The van der Waals surface area contributed by atoms with Gasteiger partial charge in [0, 0.05) is 62.3 Å². The van der Waals surface area contributed by atoms with E-state index < -0.39 is 41.7 Å². The summed E-state index contributed by atoms with van der Waals surface area (Å²) >= 11 is 1.65. The Morgan fingerprint density at radius 1 is 0.949 bits per heavy atom. The van der Waals surface area contributed by atoms with Crippen molar-refractivity contribution in [1.82, 2.24) is 30.0 Å². The Morgan fingerprint density at radius 3 is 2.49 bits per heavy atom. The summed E-state index contributed by atoms with van der Waals surface area (Å²) in [7, 11) is 0. The van der Waals surface area contributed by atoms with Crippen molar-refractivity contribution in [3.05, 3.63) is 46.1 Å². The molecule has 3 fully saturated rings. The van der Waals surface area contributed by atoms with Crippen LogP contribution >= 0.6 is 11.3 Å². The van der Waals surface area contributed by atoms with Crippen molar-refractivity contribution in [2.45, 2.75) is 88.0 Å². The lowest BCUT2D eigenvalue weighted by Gasteiger charge is -2.41. The number of carbonyl (C=O) groups is 5. The maximum atomic E-state index is 13.3. The molecule has 3 aromatic rings. The number of aliphatic hydroxyl groups is 1. The normalized spacial score (nSPS) is 24.3. The molecule has 3 atom stereocenters. The van der Waals surface area contributed by atoms with Gasteiger partial charge in [0.2, 0.25) is 23.6 Å². The molecule has 0 radical (unpaired) electrons. The van der Waals surface area contributed by atoms with E-state index in [1.807, 2.05) is 0 Å². The Hall–Kier alpha value is -4.59. The van der Waals surface area contributed by atoms with Crippen LogP contribution in [0, 0.1) is 0 Å². The molecule has 1 aromatic carbocycles. The molecule has 1 saturated carbocycles. The number of piperidine rings is 1. The number of ether oxygens (including phenoxy) is 3. The minimum atomic E-state index is -1.17. The van der Waals surface area contributed by atoms with Crippen LogP contribution in [-0.2, 0) is 30.3 Å². The average molecular weight is 833 g/mol. The van der Waals surface area contributed by atoms with Gasteiger partial charge in [-0.05, 0) is 75.0 Å². The van der Waals surface area contributed by atoms with Crippen LogP contribution in [0.25, 0.3) is 10.2 Å². The van der Waals surface area contributed by atoms with Gasteiger partial charge in [0.05, 0.1) is 42.9 Å². The number of nitrogens with two attached hydrogens (primary N) is 1. The fraction of sp³-hybridized carbons (Fsp3) is 0.585. The molecule has 1 unspecified atom stereocenters. The molecule has 5 aliphatic rings. The lowest BCUT2D eigenvalue weighted by atomic mass is 9.91. The Balaban J connectivity index is 0.697. The molecule has 5 amide bonds. The zero-order chi connectivity index (χ0) is 41.0. The fourth-order valence-electron chi connectivity index (χ4n) is 9.23. The molecule has 5 heterocycles. The van der Waals surface area contributed by atoms with Gasteiger partial charge >= 0.3 is 0 Å². The summed E-state index contributed by atoms with van der Waals surface area (Å²) in [6.07, 6.45) is 6.77. The van der Waals surface area contributed by atoms with Crippen molar-refractivity contribution in [2.24, 2.45) is 5.73 Å². The minimum absolute atomic E-state index is 0.0304. The topological polar surface area (TPSA) is 219 Å². The molecule has 18 heteroatoms. The first-order valence-electron chi connectivity index (χ1n) is 20.8. The highest BCUT2D eigenvalue weighted by molar-refractivity contribution is 7.19. The Bertz CT molecular complexity index is 2060. The lowest BCUT2D eigenvalue weighted by Crippen LogP contribution is -2.54. The summed E-state index contributed by atoms with van der Waals surface area (Å²) < 4.78 is 18.2. The van der Waals surface area contributed by atoms with Gasteiger partial charge in [-0.1, -0.05) is 6.07 Å². The lowest BCUT2D eigenvalue weighted by molar-refractivity contribution is -0.136. The van der Waals surface area contributed by atoms with Crippen LogP contribution in [0.5, 0.6) is 5.88 Å². The molecule has 59 heavy (non-hydrogen) atoms. The number of thiophene rings is 1. The molecule has 5 N–H and O–H groups in total. The number of hydrogen-bond donors (Lipinski definition) is 4. The number of piperazine rings is 1. The molecule has 2 saturated heterocycles. The first-order valence-corrected chi connectivity index (χ1v) is 21.6. The van der Waals surface area contributed by atoms with Gasteiger partial charge in [0.25, 0.3) is 11.8 Å². The molecule has 316 valence electrons. The molecule has 3 aliphatic heterocycles. The molecule has 8 rings (SSSR count). The van der Waals surface area contributed by atoms with Gasteiger partial charge in [0.1, 0.15) is 29.4 Å². The van der Waals surface area contributed by atoms with Crippen molar-refractivity contribution >= 4 is 56.8 Å². The molecule has 0 spiro atoms. The van der Waals surface area contributed by atoms with Crippen LogP contribution in [0.3, 0.4) is 0 Å². The number of imide groups is 2. The number of amides is 5. The zero-order valence-corrected chi connectivity index (χ0v) is 33.9. The van der Waals surface area contributed by atoms with E-state index in [0.717, 1.165) is 91.9 Å². The number of nitrogens with zero attached hydrogens (tertiary/aromatic N) is 5. The summed E-state index contributed by atoms with van der Waals surface area (Å²) in [6.45, 7) is 7.20. The number of rotatable bonds is 17. The molecule has 0 bridgehead atoms. The fourth-order valence-corrected chi connectivity index (χ4v) is 10.5. The third kappa shape index (κ3) is 8.98. The van der Waals surface area contributed by atoms with E-state index in [9.17, 15) is 29.1 Å². The summed E-state index contributed by atoms with van der Waals surface area (Å²) in [5.41, 5.74) is 7.44. The van der Waals surface area contributed by atoms with E-state index in [0.29, 0.717) is 57.0 Å². The summed E-state index contributed by atoms with van der Waals surface area (Å²) in [5, 5.41) is 16.5. The van der Waals surface area contributed by atoms with Crippen LogP contribution in [0.2, 0.25) is 0 Å². The second-order valence-electron chi connectivity index (χ2n) is 15.9. The van der Waals surface area contributed by atoms with Crippen LogP contribution in [0.1, 0.15) is 88.4 Å². The Morgan fingerprint density at radius 2 is 1.73 bits per heavy atom. The number of benzene rings is 1. The number of fused-ring (bicyclic) bond motifs is 4. The highest BCUT2D eigenvalue weighted by Gasteiger charge is 2.45. The largest absolute Gasteiger partial charge is 0.474 e. The maximum Gasteiger partial charge on any atom is 0.264 e. The van der Waals surface area contributed by atoms with Gasteiger partial charge < -0.3 is 30.4 Å². The van der Waals surface area contributed by atoms with Gasteiger partial charge in [-0.15, -0.1) is 11.3 Å². The number of aliphatic hydroxyl groups excluding tert-OH is 1. The highest BCUT2D eigenvalue weighted by atomic mass is 32.1. The van der Waals surface area contributed by atoms with E-state index in [-0.39, 0.29) is 36.0 Å². The summed E-state index contributed by atoms with van der Waals surface area (Å²) in [6, 6.07) is 4.50. The third-order valence-corrected chi connectivity index (χ3v) is 13.5. The highest BCUT2D eigenvalue weighted by Crippen LogP contribution is 2.48. The van der Waals surface area contributed by atoms with E-state index >= 15 is 0 Å². The van der Waals surface area contributed by atoms with Gasteiger partial charge in [0.15, 0.2) is 0 Å². The second kappa shape index (κ2) is 18.4. The monoisotopic (exact) mass is 832 g/mol. The summed E-state index contributed by atoms with van der Waals surface area (Å²) in [5.74, 6) is -2.18. The molecular formula is C41H52N8O9S. The number of carbonyl (C=O) groups excluding carboxylic acids is 5. The van der Waals surface area contributed by atoms with E-state index in [1.54, 1.807) is 35.9 Å². The average Bonchev–Trinajstić information content (AvgIpc) is 3.88. The van der Waals surface area contributed by atoms with Crippen molar-refractivity contribution in [3.8, 4) is 5.88 Å². The predicted octanol–water partition coefficient (Wildman–Crippen LogP) is 1.81. The first kappa shape index (κ1) is 41.2. The van der Waals surface area contributed by atoms with Crippen LogP contribution in [0.4, 0.5) is 5.69 Å². The van der Waals surface area contributed by atoms with Gasteiger partial charge in [-0.2, -0.15) is 0 Å². The second-order valence-corrected chi connectivity index (χ2v) is 17.0. The smallest absolute Gasteiger partial charge is 0.264 e. The van der Waals surface area contributed by atoms with Crippen LogP contribution in [0.15, 0.2) is 24.5 Å². The standard InChI is InChI=1S/C41H52N8O9S/c42-36(52)30(50)22-24-4-10-31-33(24)35-38(44-23-45-39(35)59-31)58-26-7-5-25(6-8-26)48-15-13-47(14-16-48)17-19-57-21-20-56-18-12-43-28-3-1-2-27-34(28)41(55)49(40(27)54)29-9-11-32(51)46-37(29)53/h1-3,23-26,29-30,43,50H,4-22H2,(H2,42,52)(H,46,51,53)/t24-,25-,26-,29?,30+/m1/s1. The van der Waals surface area contributed by atoms with Gasteiger partial charge in [-0.25, -0.2) is 9.97 Å². The SMILES string of the molecule is NC(=O)[C@@H](O)C[C@H]1CCc2sc3ncnc(O[C@H]4CC[C@H](N5CCN(CCOCCOCCNc6cccc7c6C(=O)N(C6CCC(=O)NC6=O)C7=O)CC5)CC4)c3c21. The Kier molecular flexibility index (Phi) is 12.8. The van der Waals surface area contributed by atoms with Gasteiger partial charge in [-0.3, -0.25) is 44.0 Å². The Labute approximate surface area is 345 Å². The number of primary amides is 1.